The molecule has 0 saturated heterocycles. The van der Waals surface area contributed by atoms with Gasteiger partial charge in [0.25, 0.3) is 11.5 Å². The number of nitrogens with zero attached hydrogens (tertiary/aromatic N) is 5. The molecule has 3 aromatic heterocycles. The summed E-state index contributed by atoms with van der Waals surface area (Å²) in [4.78, 5) is 39.4. The summed E-state index contributed by atoms with van der Waals surface area (Å²) >= 11 is 0. The van der Waals surface area contributed by atoms with Crippen LogP contribution in [0.3, 0.4) is 0 Å². The molecule has 0 saturated carbocycles. The van der Waals surface area contributed by atoms with Crippen LogP contribution in [0.4, 0.5) is 4.39 Å². The third-order valence-corrected chi connectivity index (χ3v) is 4.22. The van der Waals surface area contributed by atoms with Crippen molar-refractivity contribution >= 4 is 11.6 Å². The molecule has 0 radical (unpaired) electrons. The van der Waals surface area contributed by atoms with Crippen molar-refractivity contribution in [1.82, 2.24) is 24.3 Å². The molecular weight excluding hydrogens is 325 g/mol. The van der Waals surface area contributed by atoms with Crippen molar-refractivity contribution in [2.24, 2.45) is 0 Å². The molecule has 4 heterocycles. The molecule has 0 fully saturated rings. The lowest BCUT2D eigenvalue weighted by Gasteiger charge is -2.27. The van der Waals surface area contributed by atoms with Crippen molar-refractivity contribution in [2.75, 3.05) is 6.54 Å². The van der Waals surface area contributed by atoms with Gasteiger partial charge in [0, 0.05) is 25.4 Å². The number of halogens is 1. The Hall–Kier alpha value is -3.16. The molecule has 7 nitrogen and oxygen atoms in total. The maximum absolute atomic E-state index is 13.4. The number of carbonyl (C=O) groups excluding carboxylic acids is 1. The summed E-state index contributed by atoms with van der Waals surface area (Å²) in [5.74, 6) is -0.808. The van der Waals surface area contributed by atoms with E-state index in [2.05, 4.69) is 15.0 Å². The molecule has 1 aliphatic rings. The Morgan fingerprint density at radius 3 is 2.84 bits per heavy atom. The quantitative estimate of drug-likeness (QED) is 0.664. The van der Waals surface area contributed by atoms with Crippen LogP contribution in [0.5, 0.6) is 0 Å². The minimum atomic E-state index is -0.518. The highest BCUT2D eigenvalue weighted by atomic mass is 19.1. The van der Waals surface area contributed by atoms with Crippen molar-refractivity contribution in [2.45, 2.75) is 19.9 Å². The Morgan fingerprint density at radius 1 is 1.24 bits per heavy atom. The van der Waals surface area contributed by atoms with Crippen LogP contribution in [0, 0.1) is 12.7 Å². The summed E-state index contributed by atoms with van der Waals surface area (Å²) < 4.78 is 14.6. The van der Waals surface area contributed by atoms with Crippen LogP contribution < -0.4 is 5.56 Å². The molecular formula is C17H14FN5O2. The van der Waals surface area contributed by atoms with Gasteiger partial charge < -0.3 is 4.90 Å². The molecule has 8 heteroatoms. The summed E-state index contributed by atoms with van der Waals surface area (Å²) in [6.45, 7) is 2.34. The fourth-order valence-corrected chi connectivity index (χ4v) is 2.91. The van der Waals surface area contributed by atoms with Crippen LogP contribution in [0.2, 0.25) is 0 Å². The van der Waals surface area contributed by atoms with Gasteiger partial charge in [-0.3, -0.25) is 19.0 Å². The van der Waals surface area contributed by atoms with Crippen molar-refractivity contribution in [1.29, 1.82) is 0 Å². The summed E-state index contributed by atoms with van der Waals surface area (Å²) in [5.41, 5.74) is 2.05. The van der Waals surface area contributed by atoms with Crippen molar-refractivity contribution < 1.29 is 9.18 Å². The highest BCUT2D eigenvalue weighted by molar-refractivity contribution is 5.92. The monoisotopic (exact) mass is 339 g/mol. The van der Waals surface area contributed by atoms with E-state index in [1.165, 1.54) is 33.8 Å². The number of carbonyl (C=O) groups is 1. The number of aromatic nitrogens is 4. The number of hydrogen-bond donors (Lipinski definition) is 0. The Morgan fingerprint density at radius 2 is 2.08 bits per heavy atom. The first-order valence-electron chi connectivity index (χ1n) is 7.80. The van der Waals surface area contributed by atoms with Crippen LogP contribution in [0.15, 0.2) is 35.5 Å². The normalized spacial score (nSPS) is 13.8. The van der Waals surface area contributed by atoms with Gasteiger partial charge in [-0.15, -0.1) is 0 Å². The van der Waals surface area contributed by atoms with Gasteiger partial charge in [-0.05, 0) is 19.1 Å². The van der Waals surface area contributed by atoms with Gasteiger partial charge in [-0.25, -0.2) is 14.4 Å². The molecule has 0 unspecified atom stereocenters. The summed E-state index contributed by atoms with van der Waals surface area (Å²) in [5, 5.41) is 0. The van der Waals surface area contributed by atoms with Crippen LogP contribution in [-0.2, 0) is 13.0 Å². The lowest BCUT2D eigenvalue weighted by atomic mass is 10.1. The number of fused-ring (bicyclic) bond motifs is 2. The topological polar surface area (TPSA) is 80.5 Å². The third kappa shape index (κ3) is 2.65. The maximum Gasteiger partial charge on any atom is 0.274 e. The lowest BCUT2D eigenvalue weighted by molar-refractivity contribution is 0.0726. The van der Waals surface area contributed by atoms with Crippen LogP contribution in [-0.4, -0.2) is 36.7 Å². The first kappa shape index (κ1) is 15.4. The second-order valence-corrected chi connectivity index (χ2v) is 5.94. The fourth-order valence-electron chi connectivity index (χ4n) is 2.91. The zero-order valence-corrected chi connectivity index (χ0v) is 13.4. The summed E-state index contributed by atoms with van der Waals surface area (Å²) in [6.07, 6.45) is 4.52. The van der Waals surface area contributed by atoms with Crippen molar-refractivity contribution in [3.63, 3.8) is 0 Å². The van der Waals surface area contributed by atoms with E-state index < -0.39 is 5.82 Å². The number of amides is 1. The smallest absolute Gasteiger partial charge is 0.274 e. The van der Waals surface area contributed by atoms with E-state index in [4.69, 9.17) is 0 Å². The van der Waals surface area contributed by atoms with E-state index >= 15 is 0 Å². The van der Waals surface area contributed by atoms with Gasteiger partial charge in [0.15, 0.2) is 0 Å². The molecule has 0 aromatic carbocycles. The van der Waals surface area contributed by atoms with Crippen LogP contribution in [0.1, 0.15) is 27.4 Å². The predicted octanol–water partition coefficient (Wildman–Crippen LogP) is 1.13. The molecule has 4 rings (SSSR count). The number of aryl methyl sites for hydroxylation is 1. The maximum atomic E-state index is 13.4. The van der Waals surface area contributed by atoms with Gasteiger partial charge in [0.2, 0.25) is 0 Å². The Bertz CT molecular complexity index is 1050. The van der Waals surface area contributed by atoms with E-state index in [0.717, 1.165) is 11.9 Å². The molecule has 3 aromatic rings. The molecule has 0 aliphatic carbocycles. The van der Waals surface area contributed by atoms with Crippen LogP contribution in [0.25, 0.3) is 5.65 Å². The van der Waals surface area contributed by atoms with Crippen molar-refractivity contribution in [3.8, 4) is 0 Å². The Kier molecular flexibility index (Phi) is 3.52. The second kappa shape index (κ2) is 5.73. The predicted molar refractivity (Wildman–Crippen MR) is 86.6 cm³/mol. The number of pyridine rings is 1. The second-order valence-electron chi connectivity index (χ2n) is 5.94. The molecule has 1 amide bonds. The Labute approximate surface area is 141 Å². The average molecular weight is 339 g/mol. The van der Waals surface area contributed by atoms with Gasteiger partial charge in [-0.2, -0.15) is 0 Å². The van der Waals surface area contributed by atoms with E-state index in [-0.39, 0.29) is 23.7 Å². The standard InChI is InChI=1S/C17H14FN5O2/c1-10-6-20-14(7-19-10)17(25)22-5-4-13-12(9-22)16(24)23-8-11(18)2-3-15(23)21-13/h2-3,6-8H,4-5,9H2,1H3. The zero-order chi connectivity index (χ0) is 17.6. The van der Waals surface area contributed by atoms with E-state index in [9.17, 15) is 14.0 Å². The third-order valence-electron chi connectivity index (χ3n) is 4.22. The summed E-state index contributed by atoms with van der Waals surface area (Å²) in [7, 11) is 0. The molecule has 1 aliphatic heterocycles. The highest BCUT2D eigenvalue weighted by Crippen LogP contribution is 2.17. The SMILES string of the molecule is Cc1cnc(C(=O)N2CCc3nc4ccc(F)cn4c(=O)c3C2)cn1. The number of hydrogen-bond acceptors (Lipinski definition) is 5. The first-order valence-corrected chi connectivity index (χ1v) is 7.80. The average Bonchev–Trinajstić information content (AvgIpc) is 2.62. The van der Waals surface area contributed by atoms with E-state index in [1.54, 1.807) is 6.92 Å². The molecule has 0 bridgehead atoms. The minimum absolute atomic E-state index is 0.120. The van der Waals surface area contributed by atoms with E-state index in [1.807, 2.05) is 0 Å². The summed E-state index contributed by atoms with van der Waals surface area (Å²) in [6, 6.07) is 2.74. The van der Waals surface area contributed by atoms with Gasteiger partial charge in [0.1, 0.15) is 17.2 Å². The number of rotatable bonds is 1. The fraction of sp³-hybridized carbons (Fsp3) is 0.235. The lowest BCUT2D eigenvalue weighted by Crippen LogP contribution is -2.40. The molecule has 25 heavy (non-hydrogen) atoms. The largest absolute Gasteiger partial charge is 0.332 e. The molecule has 0 spiro atoms. The Balaban J connectivity index is 1.72. The van der Waals surface area contributed by atoms with Crippen molar-refractivity contribution in [3.05, 3.63) is 69.5 Å². The van der Waals surface area contributed by atoms with Gasteiger partial charge >= 0.3 is 0 Å². The van der Waals surface area contributed by atoms with Crippen LogP contribution >= 0.6 is 0 Å². The van der Waals surface area contributed by atoms with E-state index in [0.29, 0.717) is 29.9 Å². The molecule has 0 atom stereocenters. The molecule has 0 N–H and O–H groups in total. The first-order chi connectivity index (χ1) is 12.0. The molecule has 126 valence electrons. The zero-order valence-electron chi connectivity index (χ0n) is 13.4. The minimum Gasteiger partial charge on any atom is -0.332 e. The highest BCUT2D eigenvalue weighted by Gasteiger charge is 2.26. The van der Waals surface area contributed by atoms with Gasteiger partial charge in [-0.1, -0.05) is 0 Å². The van der Waals surface area contributed by atoms with Gasteiger partial charge in [0.05, 0.1) is 29.7 Å².